The summed E-state index contributed by atoms with van der Waals surface area (Å²) in [6.45, 7) is 7.48. The van der Waals surface area contributed by atoms with E-state index in [-0.39, 0.29) is 18.0 Å². The van der Waals surface area contributed by atoms with Crippen LogP contribution in [0.2, 0.25) is 0 Å². The maximum Gasteiger partial charge on any atom is 0.288 e. The highest BCUT2D eigenvalue weighted by atomic mass is 16.1. The molecule has 0 bridgehead atoms. The van der Waals surface area contributed by atoms with E-state index >= 15 is 0 Å². The van der Waals surface area contributed by atoms with Crippen molar-refractivity contribution in [2.75, 3.05) is 11.1 Å². The second-order valence-corrected chi connectivity index (χ2v) is 6.29. The number of imidazole rings is 1. The monoisotopic (exact) mass is 384 g/mol. The normalized spacial score (nSPS) is 10.6. The summed E-state index contributed by atoms with van der Waals surface area (Å²) in [5, 5.41) is 3.19. The number of nitrogens with one attached hydrogen (secondary N) is 1. The maximum atomic E-state index is 12.7. The Morgan fingerprint density at radius 3 is 2.93 bits per heavy atom. The lowest BCUT2D eigenvalue weighted by Gasteiger charge is -2.09. The van der Waals surface area contributed by atoms with Crippen LogP contribution < -0.4 is 11.1 Å². The third-order valence-electron chi connectivity index (χ3n) is 4.27. The number of nitrogens with zero attached hydrogens (tertiary/aromatic N) is 6. The zero-order chi connectivity index (χ0) is 20.2. The minimum atomic E-state index is -0.133. The highest BCUT2D eigenvalue weighted by molar-refractivity contribution is 5.95. The summed E-state index contributed by atoms with van der Waals surface area (Å²) in [5.74, 6) is 0.546. The summed E-state index contributed by atoms with van der Waals surface area (Å²) in [6.07, 6.45) is 8.13. The second kappa shape index (κ2) is 7.74. The van der Waals surface area contributed by atoms with E-state index in [2.05, 4.69) is 30.1 Å². The molecule has 4 heterocycles. The molecule has 0 saturated carbocycles. The molecular weight excluding hydrogens is 368 g/mol. The van der Waals surface area contributed by atoms with Crippen molar-refractivity contribution in [2.45, 2.75) is 13.0 Å². The number of nitrogens with two attached hydrogens (primary N) is 1. The summed E-state index contributed by atoms with van der Waals surface area (Å²) in [4.78, 5) is 32.6. The number of carbonyl (C=O) groups excluding carboxylic acids is 1. The number of ketones is 1. The maximum absolute atomic E-state index is 12.7. The predicted octanol–water partition coefficient (Wildman–Crippen LogP) is 2.69. The number of carbonyl (C=O) groups is 1. The Morgan fingerprint density at radius 2 is 2.10 bits per heavy atom. The summed E-state index contributed by atoms with van der Waals surface area (Å²) >= 11 is 0. The van der Waals surface area contributed by atoms with Crippen molar-refractivity contribution in [1.29, 1.82) is 0 Å². The summed E-state index contributed by atoms with van der Waals surface area (Å²) in [6, 6.07) is 7.30. The zero-order valence-corrected chi connectivity index (χ0v) is 15.3. The van der Waals surface area contributed by atoms with Crippen molar-refractivity contribution in [1.82, 2.24) is 24.3 Å². The number of rotatable bonds is 6. The third kappa shape index (κ3) is 4.01. The van der Waals surface area contributed by atoms with Gasteiger partial charge >= 0.3 is 0 Å². The molecule has 0 aromatic carbocycles. The Kier molecular flexibility index (Phi) is 4.82. The minimum absolute atomic E-state index is 0.133. The molecule has 142 valence electrons. The number of pyridine rings is 2. The van der Waals surface area contributed by atoms with Crippen LogP contribution in [-0.2, 0) is 13.0 Å². The van der Waals surface area contributed by atoms with E-state index < -0.39 is 0 Å². The van der Waals surface area contributed by atoms with Crippen molar-refractivity contribution >= 4 is 28.8 Å². The van der Waals surface area contributed by atoms with Gasteiger partial charge < -0.3 is 15.9 Å². The first-order valence-corrected chi connectivity index (χ1v) is 8.76. The molecule has 9 heteroatoms. The lowest BCUT2D eigenvalue weighted by Crippen LogP contribution is -2.09. The van der Waals surface area contributed by atoms with Gasteiger partial charge in [-0.3, -0.25) is 14.2 Å². The van der Waals surface area contributed by atoms with E-state index in [1.165, 1.54) is 6.20 Å². The van der Waals surface area contributed by atoms with Crippen LogP contribution in [-0.4, -0.2) is 30.1 Å². The fourth-order valence-corrected chi connectivity index (χ4v) is 2.85. The van der Waals surface area contributed by atoms with Crippen molar-refractivity contribution < 1.29 is 4.79 Å². The van der Waals surface area contributed by atoms with E-state index in [0.29, 0.717) is 23.7 Å². The van der Waals surface area contributed by atoms with Crippen molar-refractivity contribution in [3.05, 3.63) is 83.6 Å². The number of nitrogen functional groups attached to an aromatic ring is 1. The molecular formula is C20H16N8O. The quantitative estimate of drug-likeness (QED) is 0.388. The Morgan fingerprint density at radius 1 is 1.21 bits per heavy atom. The summed E-state index contributed by atoms with van der Waals surface area (Å²) in [7, 11) is 0. The largest absolute Gasteiger partial charge is 0.382 e. The molecule has 0 spiro atoms. The van der Waals surface area contributed by atoms with E-state index in [0.717, 1.165) is 16.9 Å². The van der Waals surface area contributed by atoms with Crippen molar-refractivity contribution in [2.24, 2.45) is 0 Å². The van der Waals surface area contributed by atoms with E-state index in [4.69, 9.17) is 12.3 Å². The third-order valence-corrected chi connectivity index (χ3v) is 4.27. The Balaban J connectivity index is 1.46. The summed E-state index contributed by atoms with van der Waals surface area (Å²) < 4.78 is 1.63. The van der Waals surface area contributed by atoms with Gasteiger partial charge in [0.2, 0.25) is 5.65 Å². The molecule has 0 aliphatic rings. The van der Waals surface area contributed by atoms with Gasteiger partial charge in [0.15, 0.2) is 5.78 Å². The first kappa shape index (κ1) is 18.1. The van der Waals surface area contributed by atoms with Crippen LogP contribution in [0.15, 0.2) is 55.2 Å². The van der Waals surface area contributed by atoms with Gasteiger partial charge in [0.1, 0.15) is 11.5 Å². The number of anilines is 2. The molecule has 0 aliphatic heterocycles. The molecule has 0 aliphatic carbocycles. The lowest BCUT2D eigenvalue weighted by atomic mass is 10.1. The van der Waals surface area contributed by atoms with Crippen LogP contribution in [0, 0.1) is 6.57 Å². The molecule has 0 fully saturated rings. The van der Waals surface area contributed by atoms with Crippen molar-refractivity contribution in [3.63, 3.8) is 0 Å². The predicted molar refractivity (Wildman–Crippen MR) is 107 cm³/mol. The van der Waals surface area contributed by atoms with Gasteiger partial charge in [0.05, 0.1) is 24.1 Å². The molecule has 4 aromatic heterocycles. The molecule has 0 amide bonds. The number of hydrogen-bond donors (Lipinski definition) is 2. The van der Waals surface area contributed by atoms with Crippen LogP contribution >= 0.6 is 0 Å². The number of fused-ring (bicyclic) bond motifs is 1. The average Bonchev–Trinajstić information content (AvgIpc) is 3.16. The Hall–Kier alpha value is -4.32. The molecule has 29 heavy (non-hydrogen) atoms. The van der Waals surface area contributed by atoms with Gasteiger partial charge in [-0.2, -0.15) is 0 Å². The molecule has 0 atom stereocenters. The Bertz CT molecular complexity index is 1240. The fourth-order valence-electron chi connectivity index (χ4n) is 2.85. The van der Waals surface area contributed by atoms with Crippen LogP contribution in [0.25, 0.3) is 10.5 Å². The number of hydrogen-bond acceptors (Lipinski definition) is 7. The van der Waals surface area contributed by atoms with Gasteiger partial charge in [-0.05, 0) is 29.8 Å². The topological polar surface area (TPSA) is 115 Å². The Labute approximate surface area is 166 Å². The smallest absolute Gasteiger partial charge is 0.288 e. The highest BCUT2D eigenvalue weighted by Crippen LogP contribution is 2.16. The van der Waals surface area contributed by atoms with E-state index in [1.54, 1.807) is 41.3 Å². The lowest BCUT2D eigenvalue weighted by molar-refractivity contribution is 0.0987. The molecule has 0 radical (unpaired) electrons. The molecule has 4 aromatic rings. The van der Waals surface area contributed by atoms with E-state index in [9.17, 15) is 4.79 Å². The average molecular weight is 384 g/mol. The molecule has 0 saturated heterocycles. The molecule has 3 N–H and O–H groups in total. The summed E-state index contributed by atoms with van der Waals surface area (Å²) in [5.41, 5.74) is 9.00. The minimum Gasteiger partial charge on any atom is -0.382 e. The van der Waals surface area contributed by atoms with Gasteiger partial charge in [0, 0.05) is 31.2 Å². The molecule has 9 nitrogen and oxygen atoms in total. The first-order valence-electron chi connectivity index (χ1n) is 8.76. The number of aromatic nitrogens is 5. The molecule has 4 rings (SSSR count). The standard InChI is InChI=1S/C20H16N8O/c1-22-18-12-28-11-16(26-10-19(28)27-18)17(29)8-13-4-6-23-14(7-13)9-25-15-3-2-5-24-20(15)21/h2-7,10-12,25H,8-9H2,(H2,21,24). The van der Waals surface area contributed by atoms with Crippen LogP contribution in [0.5, 0.6) is 0 Å². The second-order valence-electron chi connectivity index (χ2n) is 6.29. The van der Waals surface area contributed by atoms with Crippen LogP contribution in [0.1, 0.15) is 21.7 Å². The first-order chi connectivity index (χ1) is 14.1. The van der Waals surface area contributed by atoms with Gasteiger partial charge in [-0.15, -0.1) is 0 Å². The highest BCUT2D eigenvalue weighted by Gasteiger charge is 2.13. The van der Waals surface area contributed by atoms with Gasteiger partial charge in [-0.25, -0.2) is 9.97 Å². The van der Waals surface area contributed by atoms with Gasteiger partial charge in [-0.1, -0.05) is 11.6 Å². The van der Waals surface area contributed by atoms with E-state index in [1.807, 2.05) is 12.1 Å². The van der Waals surface area contributed by atoms with Gasteiger partial charge in [0.25, 0.3) is 5.82 Å². The SMILES string of the molecule is [C-]#[N+]c1cn2cc(C(=O)Cc3ccnc(CNc4cccnc4N)c3)ncc2n1. The van der Waals surface area contributed by atoms with Crippen LogP contribution in [0.3, 0.4) is 0 Å². The van der Waals surface area contributed by atoms with Crippen LogP contribution in [0.4, 0.5) is 17.3 Å². The molecule has 0 unspecified atom stereocenters. The number of Topliss-reactive ketones (excluding diaryl/α,β-unsaturated/α-hetero) is 1. The fraction of sp³-hybridized carbons (Fsp3) is 0.100. The van der Waals surface area contributed by atoms with Crippen molar-refractivity contribution in [3.8, 4) is 0 Å². The zero-order valence-electron chi connectivity index (χ0n) is 15.3.